The van der Waals surface area contributed by atoms with Gasteiger partial charge in [0.15, 0.2) is 9.93 Å². The zero-order valence-electron chi connectivity index (χ0n) is 18.1. The molecule has 3 aromatic heterocycles. The second-order valence-electron chi connectivity index (χ2n) is 6.21. The number of nitrogens with one attached hydrogen (secondary N) is 1. The molecule has 0 aromatic carbocycles. The standard InChI is InChI=1S/C6H5F3N2O2S.C6H5F3N2S.C5H3F3N2S/c1-14(12,13)5-10-3-2-4(11-5)6(7,8)9;1-12-5-10-3-2-4(11-5)6(7,8)9;6-5(7,8)3-1-2-9-4(11)10-3/h2-3H,1H3;2-3H,1H3;1-2H,(H,9,10,11). The number of halogens is 9. The molecule has 0 bridgehead atoms. The molecule has 3 aromatic rings. The van der Waals surface area contributed by atoms with Crippen molar-refractivity contribution in [1.82, 2.24) is 29.9 Å². The van der Waals surface area contributed by atoms with E-state index >= 15 is 0 Å². The highest BCUT2D eigenvalue weighted by molar-refractivity contribution is 7.98. The zero-order chi connectivity index (χ0) is 28.7. The predicted molar refractivity (Wildman–Crippen MR) is 113 cm³/mol. The number of hydrogen-bond donors (Lipinski definition) is 1. The van der Waals surface area contributed by atoms with E-state index in [4.69, 9.17) is 0 Å². The molecule has 0 atom stereocenters. The summed E-state index contributed by atoms with van der Waals surface area (Å²) in [7, 11) is -3.81. The van der Waals surface area contributed by atoms with Crippen molar-refractivity contribution in [2.24, 2.45) is 0 Å². The topological polar surface area (TPSA) is 114 Å². The molecular weight excluding hydrogens is 587 g/mol. The van der Waals surface area contributed by atoms with E-state index in [0.29, 0.717) is 6.07 Å². The van der Waals surface area contributed by atoms with Crippen LogP contribution >= 0.6 is 24.0 Å². The summed E-state index contributed by atoms with van der Waals surface area (Å²) in [6.45, 7) is 0. The van der Waals surface area contributed by atoms with Crippen LogP contribution in [0.3, 0.4) is 0 Å². The average Bonchev–Trinajstić information content (AvgIpc) is 2.78. The van der Waals surface area contributed by atoms with Gasteiger partial charge in [-0.3, -0.25) is 0 Å². The number of nitrogens with zero attached hydrogens (tertiary/aromatic N) is 5. The zero-order valence-corrected chi connectivity index (χ0v) is 20.6. The van der Waals surface area contributed by atoms with E-state index in [9.17, 15) is 47.9 Å². The smallest absolute Gasteiger partial charge is 0.327 e. The summed E-state index contributed by atoms with van der Waals surface area (Å²) in [6, 6.07) is 2.28. The van der Waals surface area contributed by atoms with Crippen LogP contribution in [-0.4, -0.2) is 50.8 Å². The highest BCUT2D eigenvalue weighted by Gasteiger charge is 2.34. The van der Waals surface area contributed by atoms with E-state index in [1.807, 2.05) is 4.98 Å². The van der Waals surface area contributed by atoms with E-state index in [-0.39, 0.29) is 9.93 Å². The van der Waals surface area contributed by atoms with Gasteiger partial charge in [0.05, 0.1) is 0 Å². The molecule has 0 amide bonds. The molecular formula is C17H13F9N6O2S3. The molecule has 3 heterocycles. The lowest BCUT2D eigenvalue weighted by Crippen LogP contribution is -2.12. The lowest BCUT2D eigenvalue weighted by atomic mass is 10.4. The van der Waals surface area contributed by atoms with Crippen LogP contribution < -0.4 is 0 Å². The molecule has 1 N–H and O–H groups in total. The highest BCUT2D eigenvalue weighted by Crippen LogP contribution is 2.29. The van der Waals surface area contributed by atoms with Crippen molar-refractivity contribution in [1.29, 1.82) is 0 Å². The second-order valence-corrected chi connectivity index (χ2v) is 9.28. The van der Waals surface area contributed by atoms with Crippen LogP contribution in [0.4, 0.5) is 39.5 Å². The summed E-state index contributed by atoms with van der Waals surface area (Å²) < 4.78 is 129. The van der Waals surface area contributed by atoms with Crippen LogP contribution in [-0.2, 0) is 28.4 Å². The van der Waals surface area contributed by atoms with Crippen LogP contribution in [0.5, 0.6) is 0 Å². The predicted octanol–water partition coefficient (Wildman–Crippen LogP) is 5.27. The van der Waals surface area contributed by atoms with Crippen LogP contribution in [0.1, 0.15) is 17.1 Å². The Bertz CT molecular complexity index is 1340. The number of sulfone groups is 1. The Labute approximate surface area is 211 Å². The molecule has 3 rings (SSSR count). The third-order valence-corrected chi connectivity index (χ3v) is 4.97. The Kier molecular flexibility index (Phi) is 10.9. The summed E-state index contributed by atoms with van der Waals surface area (Å²) in [6.07, 6.45) is -8.19. The lowest BCUT2D eigenvalue weighted by Gasteiger charge is -2.05. The normalized spacial score (nSPS) is 12.1. The van der Waals surface area contributed by atoms with Gasteiger partial charge in [0.1, 0.15) is 17.1 Å². The molecule has 0 radical (unpaired) electrons. The quantitative estimate of drug-likeness (QED) is 0.182. The van der Waals surface area contributed by atoms with Crippen LogP contribution in [0.2, 0.25) is 0 Å². The number of aromatic amines is 1. The van der Waals surface area contributed by atoms with Gasteiger partial charge in [0.25, 0.3) is 0 Å². The highest BCUT2D eigenvalue weighted by atomic mass is 32.2. The third kappa shape index (κ3) is 11.4. The van der Waals surface area contributed by atoms with Gasteiger partial charge in [-0.15, -0.1) is 0 Å². The van der Waals surface area contributed by atoms with Crippen molar-refractivity contribution in [3.63, 3.8) is 0 Å². The minimum atomic E-state index is -4.66. The molecule has 37 heavy (non-hydrogen) atoms. The Hall–Kier alpha value is -2.87. The van der Waals surface area contributed by atoms with Crippen molar-refractivity contribution in [3.05, 3.63) is 58.6 Å². The summed E-state index contributed by atoms with van der Waals surface area (Å²) >= 11 is 5.48. The molecule has 0 saturated heterocycles. The van der Waals surface area contributed by atoms with Gasteiger partial charge in [-0.05, 0) is 36.7 Å². The van der Waals surface area contributed by atoms with Crippen molar-refractivity contribution < 1.29 is 47.9 Å². The van der Waals surface area contributed by atoms with Crippen molar-refractivity contribution in [2.75, 3.05) is 12.5 Å². The number of hydrogen-bond acceptors (Lipinski definition) is 9. The van der Waals surface area contributed by atoms with Gasteiger partial charge in [0.2, 0.25) is 15.0 Å². The van der Waals surface area contributed by atoms with E-state index in [0.717, 1.165) is 48.7 Å². The fourth-order valence-electron chi connectivity index (χ4n) is 1.81. The molecule has 204 valence electrons. The Balaban J connectivity index is 0.000000280. The first-order valence-electron chi connectivity index (χ1n) is 8.92. The molecule has 8 nitrogen and oxygen atoms in total. The van der Waals surface area contributed by atoms with Crippen LogP contribution in [0.15, 0.2) is 47.1 Å². The van der Waals surface area contributed by atoms with E-state index in [2.05, 4.69) is 37.1 Å². The first-order chi connectivity index (χ1) is 16.7. The monoisotopic (exact) mass is 600 g/mol. The minimum absolute atomic E-state index is 0.129. The molecule has 0 spiro atoms. The van der Waals surface area contributed by atoms with Gasteiger partial charge in [0, 0.05) is 24.8 Å². The SMILES string of the molecule is CS(=O)(=O)c1nccc(C(F)(F)F)n1.CSc1nccc(C(F)(F)F)n1.FC(F)(F)c1ccnc(=S)[nH]1. The van der Waals surface area contributed by atoms with Crippen LogP contribution in [0.25, 0.3) is 0 Å². The molecule has 0 unspecified atom stereocenters. The third-order valence-electron chi connectivity index (χ3n) is 3.34. The van der Waals surface area contributed by atoms with E-state index in [1.165, 1.54) is 0 Å². The number of H-pyrrole nitrogens is 1. The van der Waals surface area contributed by atoms with E-state index < -0.39 is 50.6 Å². The molecule has 0 saturated carbocycles. The Morgan fingerprint density at radius 2 is 1.27 bits per heavy atom. The van der Waals surface area contributed by atoms with Gasteiger partial charge < -0.3 is 4.98 Å². The summed E-state index contributed by atoms with van der Waals surface area (Å²) in [4.78, 5) is 18.4. The maximum Gasteiger partial charge on any atom is 0.433 e. The van der Waals surface area contributed by atoms with Crippen molar-refractivity contribution in [3.8, 4) is 0 Å². The molecule has 0 aliphatic rings. The van der Waals surface area contributed by atoms with Crippen molar-refractivity contribution >= 4 is 33.8 Å². The number of thioether (sulfide) groups is 1. The second kappa shape index (κ2) is 12.6. The van der Waals surface area contributed by atoms with E-state index in [1.54, 1.807) is 6.26 Å². The Morgan fingerprint density at radius 3 is 1.68 bits per heavy atom. The van der Waals surface area contributed by atoms with Gasteiger partial charge in [-0.2, -0.15) is 39.5 Å². The summed E-state index contributed by atoms with van der Waals surface area (Å²) in [5.74, 6) is 0. The molecule has 0 aliphatic carbocycles. The van der Waals surface area contributed by atoms with Crippen molar-refractivity contribution in [2.45, 2.75) is 28.8 Å². The van der Waals surface area contributed by atoms with Crippen LogP contribution in [0, 0.1) is 4.77 Å². The summed E-state index contributed by atoms with van der Waals surface area (Å²) in [5.41, 5.74) is -3.05. The first kappa shape index (κ1) is 32.2. The molecule has 0 fully saturated rings. The minimum Gasteiger partial charge on any atom is -0.327 e. The maximum atomic E-state index is 12.1. The molecule has 0 aliphatic heterocycles. The fourth-order valence-corrected chi connectivity index (χ4v) is 2.85. The Morgan fingerprint density at radius 1 is 0.784 bits per heavy atom. The lowest BCUT2D eigenvalue weighted by molar-refractivity contribution is -0.142. The van der Waals surface area contributed by atoms with Gasteiger partial charge in [-0.1, -0.05) is 11.8 Å². The number of alkyl halides is 9. The largest absolute Gasteiger partial charge is 0.433 e. The van der Waals surface area contributed by atoms with Gasteiger partial charge in [-0.25, -0.2) is 33.3 Å². The first-order valence-corrected chi connectivity index (χ1v) is 12.4. The number of aromatic nitrogens is 6. The molecule has 20 heteroatoms. The summed E-state index contributed by atoms with van der Waals surface area (Å²) in [5, 5.41) is -0.697. The number of rotatable bonds is 2. The fraction of sp³-hybridized carbons (Fsp3) is 0.294. The van der Waals surface area contributed by atoms with Gasteiger partial charge >= 0.3 is 18.5 Å². The average molecular weight is 601 g/mol. The maximum absolute atomic E-state index is 12.1.